The quantitative estimate of drug-likeness (QED) is 0.705. The summed E-state index contributed by atoms with van der Waals surface area (Å²) in [6.07, 6.45) is 2.23. The van der Waals surface area contributed by atoms with E-state index in [4.69, 9.17) is 5.73 Å². The molecule has 0 atom stereocenters. The van der Waals surface area contributed by atoms with Gasteiger partial charge >= 0.3 is 0 Å². The molecule has 0 amide bonds. The molecule has 18 heavy (non-hydrogen) atoms. The van der Waals surface area contributed by atoms with Crippen molar-refractivity contribution >= 4 is 15.7 Å². The highest BCUT2D eigenvalue weighted by Gasteiger charge is 2.35. The Morgan fingerprint density at radius 1 is 1.44 bits per heavy atom. The van der Waals surface area contributed by atoms with Crippen LogP contribution in [0.5, 0.6) is 0 Å². The van der Waals surface area contributed by atoms with E-state index in [9.17, 15) is 13.5 Å². The van der Waals surface area contributed by atoms with Crippen LogP contribution in [0.25, 0.3) is 0 Å². The molecule has 0 radical (unpaired) electrons. The van der Waals surface area contributed by atoms with E-state index in [2.05, 4.69) is 4.72 Å². The van der Waals surface area contributed by atoms with Crippen LogP contribution in [0, 0.1) is 6.92 Å². The van der Waals surface area contributed by atoms with Gasteiger partial charge in [0.25, 0.3) is 0 Å². The molecule has 1 aliphatic rings. The fraction of sp³-hybridized carbons (Fsp3) is 0.500. The van der Waals surface area contributed by atoms with Crippen molar-refractivity contribution in [3.8, 4) is 0 Å². The van der Waals surface area contributed by atoms with Crippen molar-refractivity contribution in [2.45, 2.75) is 36.7 Å². The highest BCUT2D eigenvalue weighted by atomic mass is 32.2. The molecule has 0 bridgehead atoms. The first-order valence-electron chi connectivity index (χ1n) is 5.91. The first-order valence-corrected chi connectivity index (χ1v) is 7.40. The predicted molar refractivity (Wildman–Crippen MR) is 69.6 cm³/mol. The molecule has 6 heteroatoms. The van der Waals surface area contributed by atoms with Gasteiger partial charge in [-0.05, 0) is 43.9 Å². The summed E-state index contributed by atoms with van der Waals surface area (Å²) >= 11 is 0. The molecule has 0 aromatic heterocycles. The molecule has 4 N–H and O–H groups in total. The summed E-state index contributed by atoms with van der Waals surface area (Å²) in [6.45, 7) is 1.73. The highest BCUT2D eigenvalue weighted by Crippen LogP contribution is 2.31. The lowest BCUT2D eigenvalue weighted by molar-refractivity contribution is -0.0270. The molecule has 1 aliphatic carbocycles. The van der Waals surface area contributed by atoms with Crippen molar-refractivity contribution in [3.05, 3.63) is 23.8 Å². The van der Waals surface area contributed by atoms with E-state index >= 15 is 0 Å². The minimum Gasteiger partial charge on any atom is -0.398 e. The lowest BCUT2D eigenvalue weighted by Gasteiger charge is -2.36. The number of anilines is 1. The van der Waals surface area contributed by atoms with E-state index in [1.54, 1.807) is 19.1 Å². The zero-order chi connectivity index (χ0) is 13.4. The summed E-state index contributed by atoms with van der Waals surface area (Å²) in [7, 11) is -3.61. The average Bonchev–Trinajstić information content (AvgIpc) is 2.27. The molecule has 1 saturated carbocycles. The Morgan fingerprint density at radius 3 is 2.67 bits per heavy atom. The Hall–Kier alpha value is -1.11. The topological polar surface area (TPSA) is 92.4 Å². The van der Waals surface area contributed by atoms with Gasteiger partial charge in [-0.25, -0.2) is 13.1 Å². The van der Waals surface area contributed by atoms with E-state index in [0.29, 0.717) is 24.1 Å². The van der Waals surface area contributed by atoms with Crippen LogP contribution < -0.4 is 10.5 Å². The maximum absolute atomic E-state index is 12.1. The Morgan fingerprint density at radius 2 is 2.11 bits per heavy atom. The lowest BCUT2D eigenvalue weighted by Crippen LogP contribution is -2.47. The predicted octanol–water partition coefficient (Wildman–Crippen LogP) is 0.771. The fourth-order valence-corrected chi connectivity index (χ4v) is 3.38. The van der Waals surface area contributed by atoms with Crippen molar-refractivity contribution in [1.29, 1.82) is 0 Å². The number of hydrogen-bond donors (Lipinski definition) is 3. The summed E-state index contributed by atoms with van der Waals surface area (Å²) < 4.78 is 26.7. The summed E-state index contributed by atoms with van der Waals surface area (Å²) in [4.78, 5) is 0.172. The first kappa shape index (κ1) is 13.3. The van der Waals surface area contributed by atoms with Crippen molar-refractivity contribution in [2.24, 2.45) is 0 Å². The fourth-order valence-electron chi connectivity index (χ4n) is 1.99. The van der Waals surface area contributed by atoms with Crippen LogP contribution in [-0.4, -0.2) is 25.7 Å². The minimum atomic E-state index is -3.61. The molecule has 0 aliphatic heterocycles. The average molecular weight is 270 g/mol. The van der Waals surface area contributed by atoms with Crippen molar-refractivity contribution in [2.75, 3.05) is 12.3 Å². The third-order valence-corrected chi connectivity index (χ3v) is 5.04. The zero-order valence-corrected chi connectivity index (χ0v) is 11.1. The number of nitrogens with two attached hydrogens (primary N) is 1. The van der Waals surface area contributed by atoms with Crippen LogP contribution >= 0.6 is 0 Å². The molecule has 0 saturated heterocycles. The van der Waals surface area contributed by atoms with Gasteiger partial charge in [-0.1, -0.05) is 6.07 Å². The van der Waals surface area contributed by atoms with E-state index in [1.165, 1.54) is 6.07 Å². The maximum atomic E-state index is 12.1. The van der Waals surface area contributed by atoms with E-state index in [0.717, 1.165) is 6.42 Å². The largest absolute Gasteiger partial charge is 0.398 e. The number of benzene rings is 1. The third-order valence-electron chi connectivity index (χ3n) is 3.49. The molecule has 1 aromatic carbocycles. The Balaban J connectivity index is 2.18. The van der Waals surface area contributed by atoms with Gasteiger partial charge in [0.1, 0.15) is 0 Å². The number of rotatable bonds is 4. The van der Waals surface area contributed by atoms with Gasteiger partial charge < -0.3 is 10.8 Å². The van der Waals surface area contributed by atoms with E-state index < -0.39 is 15.6 Å². The van der Waals surface area contributed by atoms with Gasteiger partial charge in [0, 0.05) is 12.2 Å². The lowest BCUT2D eigenvalue weighted by atomic mass is 9.81. The van der Waals surface area contributed by atoms with Gasteiger partial charge in [-0.15, -0.1) is 0 Å². The number of nitrogen functional groups attached to an aromatic ring is 1. The Kier molecular flexibility index (Phi) is 3.35. The van der Waals surface area contributed by atoms with Crippen molar-refractivity contribution < 1.29 is 13.5 Å². The van der Waals surface area contributed by atoms with Crippen molar-refractivity contribution in [3.63, 3.8) is 0 Å². The second-order valence-corrected chi connectivity index (χ2v) is 6.61. The van der Waals surface area contributed by atoms with Crippen LogP contribution in [0.15, 0.2) is 23.1 Å². The standard InChI is InChI=1S/C12H18N2O3S/c1-9-10(13)4-2-5-11(9)18(16,17)14-8-12(15)6-3-7-12/h2,4-5,14-15H,3,6-8,13H2,1H3. The summed E-state index contributed by atoms with van der Waals surface area (Å²) in [5.41, 5.74) is 5.80. The summed E-state index contributed by atoms with van der Waals surface area (Å²) in [6, 6.07) is 4.78. The van der Waals surface area contributed by atoms with Crippen LogP contribution in [0.2, 0.25) is 0 Å². The highest BCUT2D eigenvalue weighted by molar-refractivity contribution is 7.89. The van der Waals surface area contributed by atoms with Crippen molar-refractivity contribution in [1.82, 2.24) is 4.72 Å². The van der Waals surface area contributed by atoms with Crippen LogP contribution in [0.3, 0.4) is 0 Å². The molecule has 1 fully saturated rings. The Labute approximate surface area is 107 Å². The summed E-state index contributed by atoms with van der Waals surface area (Å²) in [5.74, 6) is 0. The van der Waals surface area contributed by atoms with Gasteiger partial charge in [-0.3, -0.25) is 0 Å². The van der Waals surface area contributed by atoms with Crippen LogP contribution in [0.1, 0.15) is 24.8 Å². The van der Waals surface area contributed by atoms with Gasteiger partial charge in [0.2, 0.25) is 10.0 Å². The smallest absolute Gasteiger partial charge is 0.241 e. The molecular formula is C12H18N2O3S. The Bertz CT molecular complexity index is 550. The van der Waals surface area contributed by atoms with Gasteiger partial charge in [0.15, 0.2) is 0 Å². The first-order chi connectivity index (χ1) is 8.34. The summed E-state index contributed by atoms with van der Waals surface area (Å²) in [5, 5.41) is 9.89. The van der Waals surface area contributed by atoms with Gasteiger partial charge in [0.05, 0.1) is 10.5 Å². The second-order valence-electron chi connectivity index (χ2n) is 4.87. The number of hydrogen-bond acceptors (Lipinski definition) is 4. The molecule has 2 rings (SSSR count). The molecule has 5 nitrogen and oxygen atoms in total. The third kappa shape index (κ3) is 2.50. The number of nitrogens with one attached hydrogen (secondary N) is 1. The van der Waals surface area contributed by atoms with Crippen LogP contribution in [-0.2, 0) is 10.0 Å². The number of aliphatic hydroxyl groups is 1. The molecule has 1 aromatic rings. The van der Waals surface area contributed by atoms with E-state index in [-0.39, 0.29) is 11.4 Å². The SMILES string of the molecule is Cc1c(N)cccc1S(=O)(=O)NCC1(O)CCC1. The molecule has 0 spiro atoms. The van der Waals surface area contributed by atoms with Crippen LogP contribution in [0.4, 0.5) is 5.69 Å². The van der Waals surface area contributed by atoms with E-state index in [1.807, 2.05) is 0 Å². The molecular weight excluding hydrogens is 252 g/mol. The molecule has 100 valence electrons. The monoisotopic (exact) mass is 270 g/mol. The maximum Gasteiger partial charge on any atom is 0.241 e. The minimum absolute atomic E-state index is 0.0591. The van der Waals surface area contributed by atoms with Gasteiger partial charge in [-0.2, -0.15) is 0 Å². The zero-order valence-electron chi connectivity index (χ0n) is 10.3. The molecule has 0 unspecified atom stereocenters. The normalized spacial score (nSPS) is 18.3. The second kappa shape index (κ2) is 4.53. The molecule has 0 heterocycles. The number of sulfonamides is 1.